The van der Waals surface area contributed by atoms with Gasteiger partial charge >= 0.3 is 0 Å². The van der Waals surface area contributed by atoms with Crippen molar-refractivity contribution in [2.75, 3.05) is 11.5 Å². The van der Waals surface area contributed by atoms with Crippen LogP contribution in [0.1, 0.15) is 54.4 Å². The lowest BCUT2D eigenvalue weighted by Gasteiger charge is -2.41. The molecule has 0 spiro atoms. The Kier molecular flexibility index (Phi) is 3.86. The van der Waals surface area contributed by atoms with Gasteiger partial charge in [-0.1, -0.05) is 43.5 Å². The van der Waals surface area contributed by atoms with Gasteiger partial charge in [0.05, 0.1) is 0 Å². The lowest BCUT2D eigenvalue weighted by atomic mass is 9.63. The average Bonchev–Trinajstić information content (AvgIpc) is 2.53. The first kappa shape index (κ1) is 15.0. The number of benzene rings is 2. The number of nitrogens with two attached hydrogens (primary N) is 2. The van der Waals surface area contributed by atoms with E-state index in [9.17, 15) is 0 Å². The zero-order chi connectivity index (χ0) is 15.7. The maximum Gasteiger partial charge on any atom is 0.0346 e. The molecule has 0 aliphatic heterocycles. The third-order valence-electron chi connectivity index (χ3n) is 5.49. The Balaban J connectivity index is 2.25. The van der Waals surface area contributed by atoms with Gasteiger partial charge in [-0.05, 0) is 61.1 Å². The molecule has 1 aliphatic rings. The fraction of sp³-hybridized carbons (Fsp3) is 0.400. The van der Waals surface area contributed by atoms with Crippen LogP contribution in [0.2, 0.25) is 0 Å². The lowest BCUT2D eigenvalue weighted by molar-refractivity contribution is 0.344. The van der Waals surface area contributed by atoms with Gasteiger partial charge in [0.15, 0.2) is 0 Å². The largest absolute Gasteiger partial charge is 0.399 e. The Morgan fingerprint density at radius 2 is 1.18 bits per heavy atom. The van der Waals surface area contributed by atoms with Gasteiger partial charge in [0.1, 0.15) is 0 Å². The van der Waals surface area contributed by atoms with E-state index in [1.807, 2.05) is 12.1 Å². The van der Waals surface area contributed by atoms with E-state index in [0.717, 1.165) is 11.4 Å². The van der Waals surface area contributed by atoms with E-state index in [-0.39, 0.29) is 5.41 Å². The topological polar surface area (TPSA) is 52.0 Å². The SMILES string of the molecule is Cc1c(N)cccc1C1(c2cccc(N)c2C)CCCCC1. The van der Waals surface area contributed by atoms with E-state index in [4.69, 9.17) is 11.5 Å². The molecular formula is C20H26N2. The fourth-order valence-corrected chi connectivity index (χ4v) is 4.18. The smallest absolute Gasteiger partial charge is 0.0346 e. The summed E-state index contributed by atoms with van der Waals surface area (Å²) in [5.41, 5.74) is 19.5. The summed E-state index contributed by atoms with van der Waals surface area (Å²) < 4.78 is 0. The third kappa shape index (κ3) is 2.27. The zero-order valence-electron chi connectivity index (χ0n) is 13.7. The third-order valence-corrected chi connectivity index (χ3v) is 5.49. The van der Waals surface area contributed by atoms with Gasteiger partial charge in [-0.25, -0.2) is 0 Å². The Morgan fingerprint density at radius 3 is 1.64 bits per heavy atom. The van der Waals surface area contributed by atoms with Crippen LogP contribution in [-0.2, 0) is 5.41 Å². The van der Waals surface area contributed by atoms with Crippen LogP contribution in [0.15, 0.2) is 36.4 Å². The first-order valence-corrected chi connectivity index (χ1v) is 8.27. The molecule has 4 N–H and O–H groups in total. The summed E-state index contributed by atoms with van der Waals surface area (Å²) in [7, 11) is 0. The van der Waals surface area contributed by atoms with Crippen molar-refractivity contribution in [1.29, 1.82) is 0 Å². The quantitative estimate of drug-likeness (QED) is 0.787. The average molecular weight is 294 g/mol. The minimum atomic E-state index is 0.0666. The molecule has 0 heterocycles. The Bertz CT molecular complexity index is 629. The first-order chi connectivity index (χ1) is 10.6. The van der Waals surface area contributed by atoms with Gasteiger partial charge in [0.2, 0.25) is 0 Å². The van der Waals surface area contributed by atoms with E-state index in [1.54, 1.807) is 0 Å². The molecule has 0 amide bonds. The van der Waals surface area contributed by atoms with Crippen molar-refractivity contribution < 1.29 is 0 Å². The van der Waals surface area contributed by atoms with Gasteiger partial charge in [0, 0.05) is 16.8 Å². The molecule has 0 atom stereocenters. The highest BCUT2D eigenvalue weighted by Gasteiger charge is 2.38. The highest BCUT2D eigenvalue weighted by molar-refractivity contribution is 5.60. The summed E-state index contributed by atoms with van der Waals surface area (Å²) >= 11 is 0. The van der Waals surface area contributed by atoms with Gasteiger partial charge in [-0.15, -0.1) is 0 Å². The van der Waals surface area contributed by atoms with E-state index in [1.165, 1.54) is 54.4 Å². The van der Waals surface area contributed by atoms with Crippen molar-refractivity contribution in [3.8, 4) is 0 Å². The molecule has 2 heteroatoms. The van der Waals surface area contributed by atoms with E-state index >= 15 is 0 Å². The van der Waals surface area contributed by atoms with Crippen molar-refractivity contribution in [3.05, 3.63) is 58.7 Å². The van der Waals surface area contributed by atoms with Crippen molar-refractivity contribution in [2.24, 2.45) is 0 Å². The zero-order valence-corrected chi connectivity index (χ0v) is 13.7. The number of anilines is 2. The molecule has 3 rings (SSSR count). The lowest BCUT2D eigenvalue weighted by Crippen LogP contribution is -2.32. The Hall–Kier alpha value is -1.96. The monoisotopic (exact) mass is 294 g/mol. The summed E-state index contributed by atoms with van der Waals surface area (Å²) in [6, 6.07) is 12.7. The minimum Gasteiger partial charge on any atom is -0.399 e. The second kappa shape index (κ2) is 5.68. The molecule has 0 aromatic heterocycles. The highest BCUT2D eigenvalue weighted by atomic mass is 14.6. The van der Waals surface area contributed by atoms with Gasteiger partial charge in [0.25, 0.3) is 0 Å². The van der Waals surface area contributed by atoms with Crippen LogP contribution in [0.4, 0.5) is 11.4 Å². The van der Waals surface area contributed by atoms with Gasteiger partial charge in [-0.3, -0.25) is 0 Å². The molecular weight excluding hydrogens is 268 g/mol. The standard InChI is InChI=1S/C20H26N2/c1-14-16(8-6-10-18(14)21)20(12-4-3-5-13-20)17-9-7-11-19(22)15(17)2/h6-11H,3-5,12-13,21-22H2,1-2H3. The summed E-state index contributed by atoms with van der Waals surface area (Å²) in [5.74, 6) is 0. The maximum atomic E-state index is 6.21. The van der Waals surface area contributed by atoms with Crippen LogP contribution in [0.5, 0.6) is 0 Å². The van der Waals surface area contributed by atoms with E-state index < -0.39 is 0 Å². The van der Waals surface area contributed by atoms with Crippen LogP contribution >= 0.6 is 0 Å². The molecule has 116 valence electrons. The predicted octanol–water partition coefficient (Wildman–Crippen LogP) is 4.72. The molecule has 2 nitrogen and oxygen atoms in total. The second-order valence-electron chi connectivity index (χ2n) is 6.68. The molecule has 1 aliphatic carbocycles. The fourth-order valence-electron chi connectivity index (χ4n) is 4.18. The molecule has 1 saturated carbocycles. The molecule has 1 fully saturated rings. The van der Waals surface area contributed by atoms with Crippen molar-refractivity contribution in [2.45, 2.75) is 51.4 Å². The molecule has 2 aromatic rings. The molecule has 22 heavy (non-hydrogen) atoms. The Morgan fingerprint density at radius 1 is 0.727 bits per heavy atom. The molecule has 0 unspecified atom stereocenters. The van der Waals surface area contributed by atoms with Crippen LogP contribution in [0.25, 0.3) is 0 Å². The van der Waals surface area contributed by atoms with Crippen molar-refractivity contribution in [3.63, 3.8) is 0 Å². The van der Waals surface area contributed by atoms with Crippen molar-refractivity contribution >= 4 is 11.4 Å². The van der Waals surface area contributed by atoms with Crippen LogP contribution in [-0.4, -0.2) is 0 Å². The second-order valence-corrected chi connectivity index (χ2v) is 6.68. The van der Waals surface area contributed by atoms with Crippen molar-refractivity contribution in [1.82, 2.24) is 0 Å². The number of nitrogen functional groups attached to an aromatic ring is 2. The van der Waals surface area contributed by atoms with E-state index in [2.05, 4.69) is 38.1 Å². The highest BCUT2D eigenvalue weighted by Crippen LogP contribution is 2.48. The summed E-state index contributed by atoms with van der Waals surface area (Å²) in [6.07, 6.45) is 6.22. The van der Waals surface area contributed by atoms with Crippen LogP contribution < -0.4 is 11.5 Å². The molecule has 0 saturated heterocycles. The Labute approximate surface area is 133 Å². The minimum absolute atomic E-state index is 0.0666. The van der Waals surface area contributed by atoms with Crippen LogP contribution in [0, 0.1) is 13.8 Å². The van der Waals surface area contributed by atoms with E-state index in [0.29, 0.717) is 0 Å². The molecule has 0 radical (unpaired) electrons. The first-order valence-electron chi connectivity index (χ1n) is 8.27. The number of hydrogen-bond donors (Lipinski definition) is 2. The predicted molar refractivity (Wildman–Crippen MR) is 95.0 cm³/mol. The van der Waals surface area contributed by atoms with Gasteiger partial charge < -0.3 is 11.5 Å². The van der Waals surface area contributed by atoms with Crippen LogP contribution in [0.3, 0.4) is 0 Å². The summed E-state index contributed by atoms with van der Waals surface area (Å²) in [6.45, 7) is 4.31. The number of hydrogen-bond acceptors (Lipinski definition) is 2. The maximum absolute atomic E-state index is 6.21. The number of rotatable bonds is 2. The summed E-state index contributed by atoms with van der Waals surface area (Å²) in [5, 5.41) is 0. The summed E-state index contributed by atoms with van der Waals surface area (Å²) in [4.78, 5) is 0. The molecule has 0 bridgehead atoms. The molecule has 2 aromatic carbocycles. The van der Waals surface area contributed by atoms with Gasteiger partial charge in [-0.2, -0.15) is 0 Å². The normalized spacial score (nSPS) is 17.4.